The second-order valence-corrected chi connectivity index (χ2v) is 12.9. The van der Waals surface area contributed by atoms with E-state index in [-0.39, 0.29) is 5.41 Å². The van der Waals surface area contributed by atoms with E-state index in [9.17, 15) is 0 Å². The topological polar surface area (TPSA) is 0 Å². The molecule has 0 heterocycles. The molecule has 8 aromatic carbocycles. The van der Waals surface area contributed by atoms with Crippen molar-refractivity contribution in [2.75, 3.05) is 0 Å². The molecule has 0 aliphatic heterocycles. The molecule has 0 saturated heterocycles. The Bertz CT molecular complexity index is 2370. The van der Waals surface area contributed by atoms with Crippen molar-refractivity contribution in [1.82, 2.24) is 0 Å². The molecule has 0 spiro atoms. The Kier molecular flexibility index (Phi) is 5.64. The van der Waals surface area contributed by atoms with Gasteiger partial charge in [-0.1, -0.05) is 159 Å². The van der Waals surface area contributed by atoms with Gasteiger partial charge in [0.25, 0.3) is 0 Å². The van der Waals surface area contributed by atoms with E-state index >= 15 is 0 Å². The van der Waals surface area contributed by atoms with E-state index in [2.05, 4.69) is 172 Å². The van der Waals surface area contributed by atoms with Gasteiger partial charge in [0.15, 0.2) is 0 Å². The lowest BCUT2D eigenvalue weighted by Crippen LogP contribution is -2.14. The fourth-order valence-electron chi connectivity index (χ4n) is 7.88. The molecule has 45 heavy (non-hydrogen) atoms. The molecule has 1 aliphatic rings. The third-order valence-corrected chi connectivity index (χ3v) is 10.1. The molecule has 212 valence electrons. The van der Waals surface area contributed by atoms with Crippen LogP contribution in [0.1, 0.15) is 25.0 Å². The van der Waals surface area contributed by atoms with E-state index < -0.39 is 0 Å². The van der Waals surface area contributed by atoms with Crippen LogP contribution in [0.2, 0.25) is 0 Å². The number of hydrogen-bond donors (Lipinski definition) is 0. The first kappa shape index (κ1) is 26.0. The van der Waals surface area contributed by atoms with Crippen molar-refractivity contribution >= 4 is 32.3 Å². The van der Waals surface area contributed by atoms with Gasteiger partial charge in [-0.3, -0.25) is 0 Å². The van der Waals surface area contributed by atoms with Crippen LogP contribution in [0.4, 0.5) is 0 Å². The van der Waals surface area contributed by atoms with Crippen molar-refractivity contribution in [1.29, 1.82) is 0 Å². The van der Waals surface area contributed by atoms with E-state index in [4.69, 9.17) is 0 Å². The van der Waals surface area contributed by atoms with Crippen molar-refractivity contribution in [2.24, 2.45) is 0 Å². The summed E-state index contributed by atoms with van der Waals surface area (Å²) >= 11 is 0. The maximum absolute atomic E-state index is 2.49. The van der Waals surface area contributed by atoms with Crippen LogP contribution < -0.4 is 0 Å². The molecule has 8 aromatic rings. The molecule has 0 saturated carbocycles. The summed E-state index contributed by atoms with van der Waals surface area (Å²) in [5.41, 5.74) is 13.1. The summed E-state index contributed by atoms with van der Waals surface area (Å²) < 4.78 is 0. The van der Waals surface area contributed by atoms with Crippen LogP contribution >= 0.6 is 0 Å². The predicted octanol–water partition coefficient (Wildman–Crippen LogP) is 12.5. The van der Waals surface area contributed by atoms with Crippen molar-refractivity contribution in [3.63, 3.8) is 0 Å². The molecule has 1 aliphatic carbocycles. The molecule has 0 aromatic heterocycles. The third-order valence-electron chi connectivity index (χ3n) is 10.1. The third kappa shape index (κ3) is 3.85. The van der Waals surface area contributed by atoms with Crippen LogP contribution in [-0.2, 0) is 5.41 Å². The van der Waals surface area contributed by atoms with Crippen molar-refractivity contribution in [3.8, 4) is 44.5 Å². The summed E-state index contributed by atoms with van der Waals surface area (Å²) in [4.78, 5) is 0. The lowest BCUT2D eigenvalue weighted by atomic mass is 9.80. The van der Waals surface area contributed by atoms with Gasteiger partial charge in [-0.2, -0.15) is 0 Å². The Balaban J connectivity index is 1.31. The monoisotopic (exact) mass is 572 g/mol. The van der Waals surface area contributed by atoms with Crippen LogP contribution in [0.15, 0.2) is 158 Å². The van der Waals surface area contributed by atoms with E-state index in [0.29, 0.717) is 0 Å². The molecule has 0 heteroatoms. The molecule has 0 bridgehead atoms. The normalized spacial score (nSPS) is 13.3. The first-order chi connectivity index (χ1) is 22.1. The summed E-state index contributed by atoms with van der Waals surface area (Å²) in [6.07, 6.45) is 0. The minimum absolute atomic E-state index is 0.0485. The molecule has 0 fully saturated rings. The van der Waals surface area contributed by atoms with Crippen molar-refractivity contribution in [3.05, 3.63) is 169 Å². The molecule has 0 atom stereocenters. The highest BCUT2D eigenvalue weighted by Gasteiger charge is 2.35. The second-order valence-electron chi connectivity index (χ2n) is 12.9. The quantitative estimate of drug-likeness (QED) is 0.185. The average molecular weight is 573 g/mol. The van der Waals surface area contributed by atoms with Gasteiger partial charge in [0.05, 0.1) is 0 Å². The Hall–Kier alpha value is -5.46. The molecule has 0 N–H and O–H groups in total. The zero-order valence-electron chi connectivity index (χ0n) is 25.5. The highest BCUT2D eigenvalue weighted by molar-refractivity contribution is 6.23. The molecule has 0 nitrogen and oxygen atoms in total. The van der Waals surface area contributed by atoms with Gasteiger partial charge in [0.1, 0.15) is 0 Å². The summed E-state index contributed by atoms with van der Waals surface area (Å²) in [6, 6.07) is 58.3. The van der Waals surface area contributed by atoms with Gasteiger partial charge in [0.2, 0.25) is 0 Å². The largest absolute Gasteiger partial charge is 0.0622 e. The number of fused-ring (bicyclic) bond motifs is 6. The van der Waals surface area contributed by atoms with Gasteiger partial charge < -0.3 is 0 Å². The predicted molar refractivity (Wildman–Crippen MR) is 193 cm³/mol. The average Bonchev–Trinajstić information content (AvgIpc) is 3.32. The molecular weight excluding hydrogens is 540 g/mol. The summed E-state index contributed by atoms with van der Waals surface area (Å²) in [6.45, 7) is 4.74. The maximum Gasteiger partial charge on any atom is 0.0159 e. The number of rotatable bonds is 3. The van der Waals surface area contributed by atoms with Crippen LogP contribution in [-0.4, -0.2) is 0 Å². The van der Waals surface area contributed by atoms with E-state index in [1.165, 1.54) is 88.0 Å². The SMILES string of the molecule is CC1(C)c2ccccc2-c2cc3cccc(-c4c5ccccc5c(-c5ccc(-c6ccccc6)cc5)c5ccccc45)c3cc21. The van der Waals surface area contributed by atoms with Gasteiger partial charge in [-0.05, 0) is 100 Å². The Morgan fingerprint density at radius 2 is 0.867 bits per heavy atom. The van der Waals surface area contributed by atoms with Crippen LogP contribution in [0, 0.1) is 0 Å². The fourth-order valence-corrected chi connectivity index (χ4v) is 7.88. The van der Waals surface area contributed by atoms with Gasteiger partial charge in [-0.25, -0.2) is 0 Å². The van der Waals surface area contributed by atoms with Crippen molar-refractivity contribution < 1.29 is 0 Å². The van der Waals surface area contributed by atoms with Crippen LogP contribution in [0.5, 0.6) is 0 Å². The molecule has 0 amide bonds. The lowest BCUT2D eigenvalue weighted by Gasteiger charge is -2.23. The Labute approximate surface area is 264 Å². The zero-order chi connectivity index (χ0) is 30.1. The summed E-state index contributed by atoms with van der Waals surface area (Å²) in [5, 5.41) is 7.73. The Morgan fingerprint density at radius 3 is 1.56 bits per heavy atom. The van der Waals surface area contributed by atoms with E-state index in [1.807, 2.05) is 0 Å². The van der Waals surface area contributed by atoms with Crippen LogP contribution in [0.25, 0.3) is 76.8 Å². The first-order valence-electron chi connectivity index (χ1n) is 15.9. The van der Waals surface area contributed by atoms with Crippen molar-refractivity contribution in [2.45, 2.75) is 19.3 Å². The van der Waals surface area contributed by atoms with E-state index in [1.54, 1.807) is 0 Å². The molecule has 0 radical (unpaired) electrons. The standard InChI is InChI=1S/C45H32/c1-45(2)41-22-11-10-16-33(41)40-27-32-15-12-21-38(39(32)28-42(40)45)44-36-19-8-6-17-34(36)43(35-18-7-9-20-37(35)44)31-25-23-30(24-26-31)29-13-4-3-5-14-29/h3-28H,1-2H3. The molecule has 0 unspecified atom stereocenters. The van der Waals surface area contributed by atoms with E-state index in [0.717, 1.165) is 0 Å². The minimum Gasteiger partial charge on any atom is -0.0622 e. The fraction of sp³-hybridized carbons (Fsp3) is 0.0667. The minimum atomic E-state index is -0.0485. The lowest BCUT2D eigenvalue weighted by molar-refractivity contribution is 0.661. The highest BCUT2D eigenvalue weighted by Crippen LogP contribution is 2.51. The summed E-state index contributed by atoms with van der Waals surface area (Å²) in [5.74, 6) is 0. The van der Waals surface area contributed by atoms with Gasteiger partial charge in [-0.15, -0.1) is 0 Å². The summed E-state index contributed by atoms with van der Waals surface area (Å²) in [7, 11) is 0. The van der Waals surface area contributed by atoms with Crippen LogP contribution in [0.3, 0.4) is 0 Å². The number of hydrogen-bond acceptors (Lipinski definition) is 0. The zero-order valence-corrected chi connectivity index (χ0v) is 25.5. The number of benzene rings is 8. The van der Waals surface area contributed by atoms with Gasteiger partial charge in [0, 0.05) is 5.41 Å². The smallest absolute Gasteiger partial charge is 0.0159 e. The first-order valence-corrected chi connectivity index (χ1v) is 15.9. The van der Waals surface area contributed by atoms with Gasteiger partial charge >= 0.3 is 0 Å². The molecular formula is C45H32. The maximum atomic E-state index is 2.49. The highest BCUT2D eigenvalue weighted by atomic mass is 14.4. The Morgan fingerprint density at radius 1 is 0.333 bits per heavy atom. The molecule has 9 rings (SSSR count). The second kappa shape index (κ2) is 9.78.